The molecule has 0 saturated carbocycles. The molecule has 3 aliphatic heterocycles. The van der Waals surface area contributed by atoms with Gasteiger partial charge in [0.1, 0.15) is 18.8 Å². The molecule has 1 aromatic carbocycles. The first kappa shape index (κ1) is 24.9. The Hall–Kier alpha value is -2.24. The van der Waals surface area contributed by atoms with Gasteiger partial charge in [-0.05, 0) is 39.7 Å². The van der Waals surface area contributed by atoms with Crippen LogP contribution in [-0.2, 0) is 44.6 Å². The number of carbonyl (C=O) groups is 2. The smallest absolute Gasteiger partial charge is 0.407 e. The van der Waals surface area contributed by atoms with Crippen molar-refractivity contribution in [3.8, 4) is 0 Å². The van der Waals surface area contributed by atoms with Gasteiger partial charge >= 0.3 is 12.1 Å². The molecule has 10 heteroatoms. The molecule has 1 N–H and O–H groups in total. The van der Waals surface area contributed by atoms with Crippen LogP contribution >= 0.6 is 0 Å². The normalized spacial score (nSPS) is 31.1. The van der Waals surface area contributed by atoms with Gasteiger partial charge in [-0.2, -0.15) is 0 Å². The highest BCUT2D eigenvalue weighted by Gasteiger charge is 2.59. The number of nitrogens with one attached hydrogen (secondary N) is 1. The van der Waals surface area contributed by atoms with Crippen molar-refractivity contribution in [3.63, 3.8) is 0 Å². The molecule has 0 aromatic heterocycles. The molecule has 0 aliphatic carbocycles. The maximum Gasteiger partial charge on any atom is 0.407 e. The van der Waals surface area contributed by atoms with E-state index in [-0.39, 0.29) is 19.6 Å². The van der Waals surface area contributed by atoms with Crippen molar-refractivity contribution >= 4 is 12.1 Å². The molecule has 1 aromatic rings. The van der Waals surface area contributed by atoms with Crippen LogP contribution in [-0.4, -0.2) is 67.5 Å². The first-order valence-electron chi connectivity index (χ1n) is 11.6. The summed E-state index contributed by atoms with van der Waals surface area (Å²) in [6.07, 6.45) is -2.97. The number of esters is 1. The minimum absolute atomic E-state index is 0.108. The van der Waals surface area contributed by atoms with E-state index in [2.05, 4.69) is 5.32 Å². The van der Waals surface area contributed by atoms with Gasteiger partial charge in [-0.3, -0.25) is 4.79 Å². The molecular weight excluding hydrogens is 446 g/mol. The van der Waals surface area contributed by atoms with E-state index in [0.717, 1.165) is 5.56 Å². The van der Waals surface area contributed by atoms with Crippen LogP contribution < -0.4 is 5.32 Å². The van der Waals surface area contributed by atoms with Crippen LogP contribution in [0.4, 0.5) is 4.79 Å². The van der Waals surface area contributed by atoms with E-state index in [1.165, 1.54) is 0 Å². The van der Waals surface area contributed by atoms with Crippen molar-refractivity contribution < 1.29 is 42.7 Å². The third kappa shape index (κ3) is 6.25. The van der Waals surface area contributed by atoms with Crippen molar-refractivity contribution in [3.05, 3.63) is 35.9 Å². The molecule has 34 heavy (non-hydrogen) atoms. The number of hydrogen-bond donors (Lipinski definition) is 1. The van der Waals surface area contributed by atoms with E-state index in [1.807, 2.05) is 44.2 Å². The number of alkyl carbamates (subject to hydrolysis) is 1. The fourth-order valence-electron chi connectivity index (χ4n) is 4.22. The topological polar surface area (TPSA) is 111 Å². The lowest BCUT2D eigenvalue weighted by Crippen LogP contribution is -2.45. The maximum atomic E-state index is 12.6. The SMILES string of the molecule is CC1(C)O[C@@H]2O[C@@H]([C@@H]3COC(C)(C)O3)[C@H](OC(=O)CCCNC(=O)OCc3ccccc3)[C@@H]2O1. The summed E-state index contributed by atoms with van der Waals surface area (Å²) in [7, 11) is 0. The maximum absolute atomic E-state index is 12.6. The van der Waals surface area contributed by atoms with Crippen LogP contribution in [0, 0.1) is 0 Å². The number of fused-ring (bicyclic) bond motifs is 1. The number of hydrogen-bond acceptors (Lipinski definition) is 9. The number of rotatable bonds is 8. The summed E-state index contributed by atoms with van der Waals surface area (Å²) < 4.78 is 40.3. The Labute approximate surface area is 199 Å². The van der Waals surface area contributed by atoms with Crippen molar-refractivity contribution in [2.24, 2.45) is 0 Å². The molecule has 0 spiro atoms. The highest BCUT2D eigenvalue weighted by Crippen LogP contribution is 2.42. The Balaban J connectivity index is 1.23. The van der Waals surface area contributed by atoms with Gasteiger partial charge in [0.2, 0.25) is 0 Å². The Bertz CT molecular complexity index is 859. The van der Waals surface area contributed by atoms with E-state index < -0.39 is 54.3 Å². The summed E-state index contributed by atoms with van der Waals surface area (Å²) in [5, 5.41) is 2.64. The third-order valence-corrected chi connectivity index (χ3v) is 5.73. The van der Waals surface area contributed by atoms with Crippen LogP contribution in [0.3, 0.4) is 0 Å². The number of benzene rings is 1. The molecular formula is C24H33NO9. The Kier molecular flexibility index (Phi) is 7.44. The summed E-state index contributed by atoms with van der Waals surface area (Å²) in [6.45, 7) is 7.97. The van der Waals surface area contributed by atoms with Crippen molar-refractivity contribution in [1.29, 1.82) is 0 Å². The molecule has 1 amide bonds. The molecule has 3 heterocycles. The van der Waals surface area contributed by atoms with Gasteiger partial charge in [0.05, 0.1) is 6.61 Å². The fourth-order valence-corrected chi connectivity index (χ4v) is 4.22. The Morgan fingerprint density at radius 3 is 2.50 bits per heavy atom. The molecule has 3 aliphatic rings. The molecule has 3 fully saturated rings. The van der Waals surface area contributed by atoms with Gasteiger partial charge < -0.3 is 38.5 Å². The van der Waals surface area contributed by atoms with Gasteiger partial charge in [-0.15, -0.1) is 0 Å². The van der Waals surface area contributed by atoms with Crippen LogP contribution in [0.15, 0.2) is 30.3 Å². The number of ether oxygens (including phenoxy) is 7. The summed E-state index contributed by atoms with van der Waals surface area (Å²) in [5.41, 5.74) is 0.897. The van der Waals surface area contributed by atoms with Gasteiger partial charge in [-0.25, -0.2) is 4.79 Å². The molecule has 5 atom stereocenters. The summed E-state index contributed by atoms with van der Waals surface area (Å²) in [5.74, 6) is -2.02. The predicted octanol–water partition coefficient (Wildman–Crippen LogP) is 2.63. The first-order valence-corrected chi connectivity index (χ1v) is 11.6. The quantitative estimate of drug-likeness (QED) is 0.444. The zero-order valence-corrected chi connectivity index (χ0v) is 20.0. The highest BCUT2D eigenvalue weighted by atomic mass is 16.8. The van der Waals surface area contributed by atoms with E-state index in [1.54, 1.807) is 13.8 Å². The summed E-state index contributed by atoms with van der Waals surface area (Å²) in [6, 6.07) is 9.39. The van der Waals surface area contributed by atoms with E-state index in [4.69, 9.17) is 33.2 Å². The average Bonchev–Trinajstić information content (AvgIpc) is 3.40. The molecule has 4 rings (SSSR count). The number of carbonyl (C=O) groups excluding carboxylic acids is 2. The van der Waals surface area contributed by atoms with Crippen LogP contribution in [0.1, 0.15) is 46.1 Å². The van der Waals surface area contributed by atoms with Gasteiger partial charge in [-0.1, -0.05) is 30.3 Å². The largest absolute Gasteiger partial charge is 0.456 e. The first-order chi connectivity index (χ1) is 16.1. The minimum Gasteiger partial charge on any atom is -0.456 e. The lowest BCUT2D eigenvalue weighted by molar-refractivity contribution is -0.235. The van der Waals surface area contributed by atoms with Crippen molar-refractivity contribution in [2.45, 2.75) is 89.4 Å². The lowest BCUT2D eigenvalue weighted by atomic mass is 10.1. The van der Waals surface area contributed by atoms with E-state index in [0.29, 0.717) is 13.0 Å². The average molecular weight is 480 g/mol. The molecule has 188 valence electrons. The standard InChI is InChI=1S/C24H33NO9/c1-23(2)29-14-16(32-23)18-19(20-21(31-18)34-24(3,4)33-20)30-17(26)11-8-12-25-22(27)28-13-15-9-6-5-7-10-15/h5-7,9-10,16,18-21H,8,11-14H2,1-4H3,(H,25,27)/t16-,18-,19-,20-,21-/m0/s1. The van der Waals surface area contributed by atoms with Crippen LogP contribution in [0.25, 0.3) is 0 Å². The van der Waals surface area contributed by atoms with Crippen molar-refractivity contribution in [1.82, 2.24) is 5.32 Å². The third-order valence-electron chi connectivity index (χ3n) is 5.73. The fraction of sp³-hybridized carbons (Fsp3) is 0.667. The molecule has 0 radical (unpaired) electrons. The van der Waals surface area contributed by atoms with E-state index >= 15 is 0 Å². The summed E-state index contributed by atoms with van der Waals surface area (Å²) >= 11 is 0. The molecule has 10 nitrogen and oxygen atoms in total. The Morgan fingerprint density at radius 1 is 1.03 bits per heavy atom. The van der Waals surface area contributed by atoms with Crippen LogP contribution in [0.5, 0.6) is 0 Å². The van der Waals surface area contributed by atoms with Gasteiger partial charge in [0.15, 0.2) is 30.1 Å². The number of amides is 1. The summed E-state index contributed by atoms with van der Waals surface area (Å²) in [4.78, 5) is 24.4. The zero-order chi connectivity index (χ0) is 24.3. The van der Waals surface area contributed by atoms with Crippen molar-refractivity contribution in [2.75, 3.05) is 13.2 Å². The highest BCUT2D eigenvalue weighted by molar-refractivity contribution is 5.70. The minimum atomic E-state index is -0.846. The second-order valence-electron chi connectivity index (χ2n) is 9.48. The van der Waals surface area contributed by atoms with Crippen LogP contribution in [0.2, 0.25) is 0 Å². The lowest BCUT2D eigenvalue weighted by Gasteiger charge is -2.28. The Morgan fingerprint density at radius 2 is 1.79 bits per heavy atom. The van der Waals surface area contributed by atoms with Gasteiger partial charge in [0.25, 0.3) is 0 Å². The predicted molar refractivity (Wildman–Crippen MR) is 117 cm³/mol. The molecule has 3 saturated heterocycles. The second-order valence-corrected chi connectivity index (χ2v) is 9.48. The van der Waals surface area contributed by atoms with E-state index in [9.17, 15) is 9.59 Å². The molecule has 0 bridgehead atoms. The zero-order valence-electron chi connectivity index (χ0n) is 20.0. The second kappa shape index (κ2) is 10.2. The molecule has 0 unspecified atom stereocenters. The monoisotopic (exact) mass is 479 g/mol. The van der Waals surface area contributed by atoms with Gasteiger partial charge in [0, 0.05) is 13.0 Å².